The molecule has 2 fully saturated rings. The highest BCUT2D eigenvalue weighted by Gasteiger charge is 2.45. The van der Waals surface area contributed by atoms with Crippen molar-refractivity contribution in [3.8, 4) is 0 Å². The van der Waals surface area contributed by atoms with Crippen LogP contribution in [0.5, 0.6) is 0 Å². The van der Waals surface area contributed by atoms with E-state index in [1.165, 1.54) is 17.8 Å². The Labute approximate surface area is 125 Å². The maximum atomic E-state index is 6.55. The van der Waals surface area contributed by atoms with E-state index in [4.69, 9.17) is 20.1 Å². The molecule has 0 aromatic heterocycles. The first-order chi connectivity index (χ1) is 8.62. The van der Waals surface area contributed by atoms with Gasteiger partial charge in [-0.2, -0.15) is 0 Å². The van der Waals surface area contributed by atoms with E-state index >= 15 is 0 Å². The molecule has 1 heterocycles. The Morgan fingerprint density at radius 3 is 2.58 bits per heavy atom. The number of likely N-dealkylation sites (tertiary alicyclic amines) is 1. The average Bonchev–Trinajstić information content (AvgIpc) is 2.20. The van der Waals surface area contributed by atoms with Gasteiger partial charge in [0.25, 0.3) is 0 Å². The molecule has 19 heavy (non-hydrogen) atoms. The zero-order valence-corrected chi connectivity index (χ0v) is 14.0. The van der Waals surface area contributed by atoms with Crippen molar-refractivity contribution in [1.82, 2.24) is 4.90 Å². The third kappa shape index (κ3) is 3.17. The van der Waals surface area contributed by atoms with Crippen molar-refractivity contribution >= 4 is 25.1 Å². The minimum atomic E-state index is -0.0289. The molecule has 0 spiro atoms. The molecule has 0 aromatic rings. The van der Waals surface area contributed by atoms with Crippen LogP contribution in [-0.2, 0) is 0 Å². The normalized spacial score (nSPS) is 43.3. The fourth-order valence-corrected chi connectivity index (χ4v) is 5.21. The second-order valence-corrected chi connectivity index (χ2v) is 8.54. The zero-order chi connectivity index (χ0) is 14.4. The molecular weight excluding hydrogens is 249 g/mol. The Morgan fingerprint density at radius 1 is 1.32 bits per heavy atom. The van der Waals surface area contributed by atoms with Crippen LogP contribution in [0, 0.1) is 23.2 Å². The summed E-state index contributed by atoms with van der Waals surface area (Å²) in [7, 11) is 8.71. The quantitative estimate of drug-likeness (QED) is 0.485. The largest absolute Gasteiger partial charge is 0.369 e. The van der Waals surface area contributed by atoms with Crippen LogP contribution in [0.25, 0.3) is 0 Å². The predicted molar refractivity (Wildman–Crippen MR) is 87.7 cm³/mol. The van der Waals surface area contributed by atoms with E-state index in [2.05, 4.69) is 39.6 Å². The van der Waals surface area contributed by atoms with E-state index in [-0.39, 0.29) is 5.31 Å². The number of rotatable bonds is 0. The second-order valence-electron chi connectivity index (χ2n) is 8.13. The molecule has 106 valence electrons. The third-order valence-corrected chi connectivity index (χ3v) is 5.90. The van der Waals surface area contributed by atoms with Gasteiger partial charge < -0.3 is 4.90 Å². The lowest BCUT2D eigenvalue weighted by atomic mass is 9.51. The van der Waals surface area contributed by atoms with Gasteiger partial charge in [0.05, 0.1) is 12.8 Å². The first-order valence-electron chi connectivity index (χ1n) is 7.66. The number of hydrogen-bond acceptors (Lipinski definition) is 1. The fraction of sp³-hybridized carbons (Fsp3) is 0.938. The predicted octanol–water partition coefficient (Wildman–Crippen LogP) is 4.08. The molecule has 0 amide bonds. The van der Waals surface area contributed by atoms with E-state index in [1.807, 2.05) is 0 Å². The summed E-state index contributed by atoms with van der Waals surface area (Å²) >= 11 is 5.74. The van der Waals surface area contributed by atoms with Gasteiger partial charge in [-0.05, 0) is 30.1 Å². The minimum Gasteiger partial charge on any atom is -0.369 e. The van der Waals surface area contributed by atoms with Gasteiger partial charge in [0.1, 0.15) is 0 Å². The van der Waals surface area contributed by atoms with Crippen LogP contribution in [0.1, 0.15) is 53.4 Å². The summed E-state index contributed by atoms with van der Waals surface area (Å²) in [5.74, 6) is 1.94. The number of thiocarbonyl (C=S) groups is 1. The molecule has 1 saturated heterocycles. The van der Waals surface area contributed by atoms with Crippen molar-refractivity contribution < 1.29 is 0 Å². The molecule has 2 rings (SSSR count). The number of fused-ring (bicyclic) bond motifs is 1. The van der Waals surface area contributed by atoms with Gasteiger partial charge >= 0.3 is 0 Å². The summed E-state index contributed by atoms with van der Waals surface area (Å²) in [4.78, 5) is 3.49. The SMILES string of the molecule is [B]C1(C)CC(C)CC2C(=S)N(C)CCC2C(C)(C)C1. The van der Waals surface area contributed by atoms with Gasteiger partial charge in [-0.3, -0.25) is 0 Å². The maximum Gasteiger partial charge on any atom is 0.0811 e. The summed E-state index contributed by atoms with van der Waals surface area (Å²) in [6.07, 6.45) is 4.70. The summed E-state index contributed by atoms with van der Waals surface area (Å²) in [6, 6.07) is 0. The Morgan fingerprint density at radius 2 is 1.95 bits per heavy atom. The van der Waals surface area contributed by atoms with E-state index in [0.29, 0.717) is 23.2 Å². The maximum absolute atomic E-state index is 6.55. The van der Waals surface area contributed by atoms with Gasteiger partial charge in [0, 0.05) is 19.5 Å². The van der Waals surface area contributed by atoms with Crippen LogP contribution in [0.15, 0.2) is 0 Å². The highest BCUT2D eigenvalue weighted by atomic mass is 32.1. The molecule has 2 radical (unpaired) electrons. The Bertz CT molecular complexity index is 364. The zero-order valence-electron chi connectivity index (χ0n) is 13.2. The topological polar surface area (TPSA) is 3.24 Å². The Kier molecular flexibility index (Phi) is 4.08. The van der Waals surface area contributed by atoms with Crippen LogP contribution in [0.3, 0.4) is 0 Å². The first-order valence-corrected chi connectivity index (χ1v) is 8.07. The van der Waals surface area contributed by atoms with Gasteiger partial charge in [-0.25, -0.2) is 0 Å². The van der Waals surface area contributed by atoms with Gasteiger partial charge in [-0.15, -0.1) is 0 Å². The molecule has 0 N–H and O–H groups in total. The molecule has 3 heteroatoms. The van der Waals surface area contributed by atoms with Crippen LogP contribution < -0.4 is 0 Å². The fourth-order valence-electron chi connectivity index (χ4n) is 4.86. The van der Waals surface area contributed by atoms with Crippen molar-refractivity contribution in [1.29, 1.82) is 0 Å². The summed E-state index contributed by atoms with van der Waals surface area (Å²) < 4.78 is 0. The molecule has 1 nitrogen and oxygen atoms in total. The van der Waals surface area contributed by atoms with Crippen molar-refractivity contribution in [2.75, 3.05) is 13.6 Å². The molecule has 2 aliphatic rings. The first kappa shape index (κ1) is 15.3. The van der Waals surface area contributed by atoms with Gasteiger partial charge in [-0.1, -0.05) is 58.1 Å². The number of nitrogens with zero attached hydrogens (tertiary/aromatic N) is 1. The standard InChI is InChI=1S/C16H28BNS/c1-11-8-12-13(6-7-18(5)14(12)19)15(2,3)10-16(4,17)9-11/h11-13H,6-10H2,1-5H3. The highest BCUT2D eigenvalue weighted by Crippen LogP contribution is 2.53. The lowest BCUT2D eigenvalue weighted by molar-refractivity contribution is 0.0703. The minimum absolute atomic E-state index is 0.0289. The molecule has 4 atom stereocenters. The van der Waals surface area contributed by atoms with Crippen LogP contribution in [0.4, 0.5) is 0 Å². The van der Waals surface area contributed by atoms with E-state index in [9.17, 15) is 0 Å². The van der Waals surface area contributed by atoms with E-state index in [1.54, 1.807) is 0 Å². The Hall–Kier alpha value is -0.0451. The van der Waals surface area contributed by atoms with Crippen molar-refractivity contribution in [2.24, 2.45) is 23.2 Å². The third-order valence-electron chi connectivity index (χ3n) is 5.29. The Balaban J connectivity index is 2.31. The molecule has 1 aliphatic heterocycles. The van der Waals surface area contributed by atoms with E-state index in [0.717, 1.165) is 19.4 Å². The summed E-state index contributed by atoms with van der Waals surface area (Å²) in [5, 5.41) is -0.0289. The highest BCUT2D eigenvalue weighted by molar-refractivity contribution is 7.80. The molecule has 1 saturated carbocycles. The van der Waals surface area contributed by atoms with Crippen molar-refractivity contribution in [3.63, 3.8) is 0 Å². The van der Waals surface area contributed by atoms with Crippen LogP contribution in [-0.4, -0.2) is 31.3 Å². The van der Waals surface area contributed by atoms with E-state index < -0.39 is 0 Å². The molecule has 1 aliphatic carbocycles. The van der Waals surface area contributed by atoms with Crippen LogP contribution >= 0.6 is 12.2 Å². The average molecular weight is 277 g/mol. The molecular formula is C16H28BNS. The molecule has 0 bridgehead atoms. The lowest BCUT2D eigenvalue weighted by Crippen LogP contribution is -2.49. The lowest BCUT2D eigenvalue weighted by Gasteiger charge is -2.51. The van der Waals surface area contributed by atoms with Crippen molar-refractivity contribution in [2.45, 2.75) is 58.7 Å². The number of hydrogen-bond donors (Lipinski definition) is 0. The molecule has 4 unspecified atom stereocenters. The summed E-state index contributed by atoms with van der Waals surface area (Å²) in [5.41, 5.74) is 0.291. The smallest absolute Gasteiger partial charge is 0.0811 e. The van der Waals surface area contributed by atoms with Crippen molar-refractivity contribution in [3.05, 3.63) is 0 Å². The van der Waals surface area contributed by atoms with Gasteiger partial charge in [0.2, 0.25) is 0 Å². The van der Waals surface area contributed by atoms with Crippen LogP contribution in [0.2, 0.25) is 5.31 Å². The second kappa shape index (κ2) is 5.05. The molecule has 0 aromatic carbocycles. The monoisotopic (exact) mass is 277 g/mol. The summed E-state index contributed by atoms with van der Waals surface area (Å²) in [6.45, 7) is 10.5. The number of piperidine rings is 1. The van der Waals surface area contributed by atoms with Gasteiger partial charge in [0.15, 0.2) is 0 Å².